The van der Waals surface area contributed by atoms with E-state index in [-0.39, 0.29) is 0 Å². The van der Waals surface area contributed by atoms with Crippen LogP contribution < -0.4 is 10.1 Å². The van der Waals surface area contributed by atoms with E-state index in [1.807, 2.05) is 12.1 Å². The molecule has 1 aliphatic rings. The normalized spacial score (nSPS) is 22.6. The third-order valence-corrected chi connectivity index (χ3v) is 2.20. The SMILES string of the molecule is c1cc(O[C@H]2CCCNC2)ccn1. The first-order chi connectivity index (χ1) is 6.45. The molecule has 1 fully saturated rings. The first-order valence-corrected chi connectivity index (χ1v) is 4.72. The van der Waals surface area contributed by atoms with Gasteiger partial charge in [0.15, 0.2) is 0 Å². The maximum absolute atomic E-state index is 5.75. The van der Waals surface area contributed by atoms with E-state index in [1.54, 1.807) is 12.4 Å². The smallest absolute Gasteiger partial charge is 0.122 e. The minimum atomic E-state index is 0.330. The second-order valence-corrected chi connectivity index (χ2v) is 3.27. The molecule has 1 atom stereocenters. The highest BCUT2D eigenvalue weighted by Gasteiger charge is 2.13. The molecule has 70 valence electrons. The standard InChI is InChI=1S/C10H14N2O/c1-2-10(8-12-5-1)13-9-3-6-11-7-4-9/h3-4,6-7,10,12H,1-2,5,8H2/t10-/m0/s1. The number of nitrogens with one attached hydrogen (secondary N) is 1. The summed E-state index contributed by atoms with van der Waals surface area (Å²) in [5, 5.41) is 3.31. The van der Waals surface area contributed by atoms with Crippen LogP contribution in [0, 0.1) is 0 Å². The summed E-state index contributed by atoms with van der Waals surface area (Å²) in [7, 11) is 0. The Kier molecular flexibility index (Phi) is 2.77. The van der Waals surface area contributed by atoms with Crippen molar-refractivity contribution in [2.45, 2.75) is 18.9 Å². The molecule has 0 spiro atoms. The minimum Gasteiger partial charge on any atom is -0.489 e. The molecule has 3 nitrogen and oxygen atoms in total. The van der Waals surface area contributed by atoms with Gasteiger partial charge >= 0.3 is 0 Å². The Morgan fingerprint density at radius 2 is 2.23 bits per heavy atom. The van der Waals surface area contributed by atoms with Crippen LogP contribution in [0.25, 0.3) is 0 Å². The first kappa shape index (κ1) is 8.51. The van der Waals surface area contributed by atoms with Crippen molar-refractivity contribution in [1.29, 1.82) is 0 Å². The highest BCUT2D eigenvalue weighted by Crippen LogP contribution is 2.13. The lowest BCUT2D eigenvalue weighted by Gasteiger charge is -2.23. The van der Waals surface area contributed by atoms with Gasteiger partial charge in [0, 0.05) is 18.9 Å². The Balaban J connectivity index is 1.90. The van der Waals surface area contributed by atoms with Crippen LogP contribution in [0.4, 0.5) is 0 Å². The molecule has 1 aromatic rings. The lowest BCUT2D eigenvalue weighted by atomic mass is 10.1. The molecule has 0 radical (unpaired) electrons. The number of piperidine rings is 1. The molecule has 1 aliphatic heterocycles. The van der Waals surface area contributed by atoms with Crippen LogP contribution in [0.3, 0.4) is 0 Å². The molecule has 2 rings (SSSR count). The Morgan fingerprint density at radius 3 is 2.92 bits per heavy atom. The molecule has 13 heavy (non-hydrogen) atoms. The zero-order valence-corrected chi connectivity index (χ0v) is 7.57. The fraction of sp³-hybridized carbons (Fsp3) is 0.500. The van der Waals surface area contributed by atoms with Gasteiger partial charge in [-0.05, 0) is 31.5 Å². The molecule has 0 aromatic carbocycles. The number of hydrogen-bond acceptors (Lipinski definition) is 3. The van der Waals surface area contributed by atoms with Crippen molar-refractivity contribution < 1.29 is 4.74 Å². The number of hydrogen-bond donors (Lipinski definition) is 1. The summed E-state index contributed by atoms with van der Waals surface area (Å²) < 4.78 is 5.75. The molecular formula is C10H14N2O. The van der Waals surface area contributed by atoms with Crippen molar-refractivity contribution in [2.24, 2.45) is 0 Å². The first-order valence-electron chi connectivity index (χ1n) is 4.72. The van der Waals surface area contributed by atoms with Crippen LogP contribution in [0.15, 0.2) is 24.5 Å². The average molecular weight is 178 g/mol. The maximum atomic E-state index is 5.75. The van der Waals surface area contributed by atoms with Gasteiger partial charge in [-0.1, -0.05) is 0 Å². The van der Waals surface area contributed by atoms with E-state index in [4.69, 9.17) is 4.74 Å². The zero-order valence-electron chi connectivity index (χ0n) is 7.57. The van der Waals surface area contributed by atoms with Gasteiger partial charge in [0.1, 0.15) is 11.9 Å². The largest absolute Gasteiger partial charge is 0.489 e. The van der Waals surface area contributed by atoms with Crippen molar-refractivity contribution in [3.63, 3.8) is 0 Å². The number of aromatic nitrogens is 1. The van der Waals surface area contributed by atoms with E-state index in [9.17, 15) is 0 Å². The van der Waals surface area contributed by atoms with Gasteiger partial charge in [0.25, 0.3) is 0 Å². The van der Waals surface area contributed by atoms with Gasteiger partial charge in [0.2, 0.25) is 0 Å². The third-order valence-electron chi connectivity index (χ3n) is 2.20. The Bertz CT molecular complexity index is 244. The number of ether oxygens (including phenoxy) is 1. The topological polar surface area (TPSA) is 34.1 Å². The summed E-state index contributed by atoms with van der Waals surface area (Å²) in [4.78, 5) is 3.94. The molecule has 3 heteroatoms. The van der Waals surface area contributed by atoms with Crippen LogP contribution in [0.2, 0.25) is 0 Å². The van der Waals surface area contributed by atoms with E-state index >= 15 is 0 Å². The van der Waals surface area contributed by atoms with Gasteiger partial charge in [-0.3, -0.25) is 4.98 Å². The molecule has 0 unspecified atom stereocenters. The fourth-order valence-electron chi connectivity index (χ4n) is 1.53. The van der Waals surface area contributed by atoms with Crippen molar-refractivity contribution in [2.75, 3.05) is 13.1 Å². The monoisotopic (exact) mass is 178 g/mol. The van der Waals surface area contributed by atoms with E-state index < -0.39 is 0 Å². The molecule has 2 heterocycles. The van der Waals surface area contributed by atoms with Crippen molar-refractivity contribution in [3.05, 3.63) is 24.5 Å². The summed E-state index contributed by atoms with van der Waals surface area (Å²) in [6.07, 6.45) is 6.19. The molecule has 1 aromatic heterocycles. The highest BCUT2D eigenvalue weighted by molar-refractivity contribution is 5.17. The second kappa shape index (κ2) is 4.23. The Hall–Kier alpha value is -1.09. The summed E-state index contributed by atoms with van der Waals surface area (Å²) in [6.45, 7) is 2.08. The highest BCUT2D eigenvalue weighted by atomic mass is 16.5. The number of nitrogens with zero attached hydrogens (tertiary/aromatic N) is 1. The van der Waals surface area contributed by atoms with Gasteiger partial charge < -0.3 is 10.1 Å². The predicted molar refractivity (Wildman–Crippen MR) is 50.8 cm³/mol. The number of pyridine rings is 1. The van der Waals surface area contributed by atoms with Crippen LogP contribution in [-0.4, -0.2) is 24.2 Å². The summed E-state index contributed by atoms with van der Waals surface area (Å²) in [5.41, 5.74) is 0. The predicted octanol–water partition coefficient (Wildman–Crippen LogP) is 1.21. The number of rotatable bonds is 2. The van der Waals surface area contributed by atoms with E-state index in [1.165, 1.54) is 6.42 Å². The average Bonchev–Trinajstić information content (AvgIpc) is 2.21. The van der Waals surface area contributed by atoms with Crippen molar-refractivity contribution in [1.82, 2.24) is 10.3 Å². The molecule has 1 saturated heterocycles. The fourth-order valence-corrected chi connectivity index (χ4v) is 1.53. The molecular weight excluding hydrogens is 164 g/mol. The van der Waals surface area contributed by atoms with Crippen LogP contribution in [-0.2, 0) is 0 Å². The minimum absolute atomic E-state index is 0.330. The van der Waals surface area contributed by atoms with Gasteiger partial charge in [0.05, 0.1) is 0 Å². The zero-order chi connectivity index (χ0) is 8.93. The molecule has 0 amide bonds. The van der Waals surface area contributed by atoms with Gasteiger partial charge in [-0.25, -0.2) is 0 Å². The molecule has 0 bridgehead atoms. The third kappa shape index (κ3) is 2.42. The van der Waals surface area contributed by atoms with Gasteiger partial charge in [-0.2, -0.15) is 0 Å². The summed E-state index contributed by atoms with van der Waals surface area (Å²) in [5.74, 6) is 0.920. The van der Waals surface area contributed by atoms with E-state index in [0.29, 0.717) is 6.10 Å². The van der Waals surface area contributed by atoms with Gasteiger partial charge in [-0.15, -0.1) is 0 Å². The van der Waals surface area contributed by atoms with Crippen LogP contribution >= 0.6 is 0 Å². The quantitative estimate of drug-likeness (QED) is 0.739. The van der Waals surface area contributed by atoms with Crippen molar-refractivity contribution in [3.8, 4) is 5.75 Å². The van der Waals surface area contributed by atoms with Crippen LogP contribution in [0.1, 0.15) is 12.8 Å². The summed E-state index contributed by atoms with van der Waals surface area (Å²) in [6, 6.07) is 3.79. The lowest BCUT2D eigenvalue weighted by molar-refractivity contribution is 0.167. The second-order valence-electron chi connectivity index (χ2n) is 3.27. The van der Waals surface area contributed by atoms with E-state index in [2.05, 4.69) is 10.3 Å². The molecule has 0 saturated carbocycles. The van der Waals surface area contributed by atoms with Crippen LogP contribution in [0.5, 0.6) is 5.75 Å². The maximum Gasteiger partial charge on any atom is 0.122 e. The Labute approximate surface area is 78.1 Å². The molecule has 0 aliphatic carbocycles. The van der Waals surface area contributed by atoms with Crippen molar-refractivity contribution >= 4 is 0 Å². The Morgan fingerprint density at radius 1 is 1.38 bits per heavy atom. The summed E-state index contributed by atoms with van der Waals surface area (Å²) >= 11 is 0. The van der Waals surface area contributed by atoms with E-state index in [0.717, 1.165) is 25.3 Å². The lowest BCUT2D eigenvalue weighted by Crippen LogP contribution is -2.37. The molecule has 1 N–H and O–H groups in total.